The number of aromatic nitrogens is 2. The largest absolute Gasteiger partial charge is 0.438 e. The van der Waals surface area contributed by atoms with Crippen LogP contribution in [0.25, 0.3) is 11.1 Å². The number of amides is 1. The van der Waals surface area contributed by atoms with E-state index in [4.69, 9.17) is 8.83 Å². The van der Waals surface area contributed by atoms with Gasteiger partial charge in [-0.3, -0.25) is 10.1 Å². The Balaban J connectivity index is 1.86. The highest BCUT2D eigenvalue weighted by molar-refractivity contribution is 6.00. The fraction of sp³-hybridized carbons (Fsp3) is 0.0833. The highest BCUT2D eigenvalue weighted by Crippen LogP contribution is 2.18. The van der Waals surface area contributed by atoms with Gasteiger partial charge in [0.05, 0.1) is 6.20 Å². The molecule has 0 radical (unpaired) electrons. The first-order chi connectivity index (χ1) is 8.72. The lowest BCUT2D eigenvalue weighted by Gasteiger charge is -1.94. The van der Waals surface area contributed by atoms with Crippen molar-refractivity contribution in [2.45, 2.75) is 6.92 Å². The number of rotatable bonds is 2. The summed E-state index contributed by atoms with van der Waals surface area (Å²) in [6.07, 6.45) is 1.47. The van der Waals surface area contributed by atoms with Gasteiger partial charge in [0.15, 0.2) is 5.58 Å². The number of carbonyl (C=O) groups is 1. The first-order valence-electron chi connectivity index (χ1n) is 5.32. The molecule has 0 saturated carbocycles. The summed E-state index contributed by atoms with van der Waals surface area (Å²) in [6.45, 7) is 1.71. The molecule has 0 unspecified atom stereocenters. The molecule has 0 saturated heterocycles. The van der Waals surface area contributed by atoms with Crippen molar-refractivity contribution in [1.82, 2.24) is 9.97 Å². The maximum Gasteiger partial charge on any atom is 0.315 e. The normalized spacial score (nSPS) is 10.7. The van der Waals surface area contributed by atoms with Crippen LogP contribution in [-0.4, -0.2) is 15.9 Å². The SMILES string of the molecule is Cc1cnc(C(=O)Nc2nc3ccccc3o2)o1. The van der Waals surface area contributed by atoms with Crippen molar-refractivity contribution in [1.29, 1.82) is 0 Å². The molecule has 3 aromatic rings. The van der Waals surface area contributed by atoms with E-state index in [0.29, 0.717) is 16.9 Å². The van der Waals surface area contributed by atoms with Crippen molar-refractivity contribution in [2.75, 3.05) is 5.32 Å². The van der Waals surface area contributed by atoms with Crippen LogP contribution in [0.15, 0.2) is 39.3 Å². The van der Waals surface area contributed by atoms with E-state index in [2.05, 4.69) is 15.3 Å². The van der Waals surface area contributed by atoms with Crippen LogP contribution < -0.4 is 5.32 Å². The zero-order valence-corrected chi connectivity index (χ0v) is 9.51. The first-order valence-corrected chi connectivity index (χ1v) is 5.32. The van der Waals surface area contributed by atoms with E-state index >= 15 is 0 Å². The van der Waals surface area contributed by atoms with Gasteiger partial charge in [0.25, 0.3) is 5.89 Å². The van der Waals surface area contributed by atoms with Gasteiger partial charge in [-0.2, -0.15) is 4.98 Å². The van der Waals surface area contributed by atoms with Crippen LogP contribution in [0.1, 0.15) is 16.4 Å². The molecule has 0 aliphatic heterocycles. The van der Waals surface area contributed by atoms with Crippen LogP contribution in [0.2, 0.25) is 0 Å². The average Bonchev–Trinajstić information content (AvgIpc) is 2.94. The van der Waals surface area contributed by atoms with Gasteiger partial charge in [0.2, 0.25) is 0 Å². The Labute approximate surface area is 102 Å². The maximum atomic E-state index is 11.7. The number of para-hydroxylation sites is 2. The molecule has 0 aliphatic carbocycles. The van der Waals surface area contributed by atoms with Gasteiger partial charge in [-0.05, 0) is 19.1 Å². The standard InChI is InChI=1S/C12H9N3O3/c1-7-6-13-11(17-7)10(16)15-12-14-8-4-2-3-5-9(8)18-12/h2-6H,1H3,(H,14,15,16). The Bertz CT molecular complexity index is 681. The summed E-state index contributed by atoms with van der Waals surface area (Å²) in [5.41, 5.74) is 1.28. The van der Waals surface area contributed by atoms with Gasteiger partial charge < -0.3 is 8.83 Å². The molecule has 2 aromatic heterocycles. The van der Waals surface area contributed by atoms with Crippen molar-refractivity contribution in [3.05, 3.63) is 42.1 Å². The molecule has 0 spiro atoms. The summed E-state index contributed by atoms with van der Waals surface area (Å²) < 4.78 is 10.5. The Hall–Kier alpha value is -2.63. The Morgan fingerprint density at radius 3 is 2.83 bits per heavy atom. The van der Waals surface area contributed by atoms with Crippen molar-refractivity contribution >= 4 is 23.0 Å². The number of fused-ring (bicyclic) bond motifs is 1. The zero-order valence-electron chi connectivity index (χ0n) is 9.51. The van der Waals surface area contributed by atoms with Crippen LogP contribution in [0.4, 0.5) is 6.01 Å². The highest BCUT2D eigenvalue weighted by atomic mass is 16.4. The third-order valence-electron chi connectivity index (χ3n) is 2.33. The number of carbonyl (C=O) groups excluding carboxylic acids is 1. The monoisotopic (exact) mass is 243 g/mol. The van der Waals surface area contributed by atoms with Crippen LogP contribution in [0, 0.1) is 6.92 Å². The number of benzene rings is 1. The quantitative estimate of drug-likeness (QED) is 0.747. The Morgan fingerprint density at radius 1 is 1.28 bits per heavy atom. The number of oxazole rings is 2. The summed E-state index contributed by atoms with van der Waals surface area (Å²) in [5, 5.41) is 2.49. The van der Waals surface area contributed by atoms with Crippen molar-refractivity contribution in [2.24, 2.45) is 0 Å². The molecule has 1 amide bonds. The average molecular weight is 243 g/mol. The molecule has 90 valence electrons. The van der Waals surface area contributed by atoms with Gasteiger partial charge in [-0.15, -0.1) is 0 Å². The second-order valence-corrected chi connectivity index (χ2v) is 3.72. The third-order valence-corrected chi connectivity index (χ3v) is 2.33. The molecule has 18 heavy (non-hydrogen) atoms. The second-order valence-electron chi connectivity index (χ2n) is 3.72. The molecule has 0 fully saturated rings. The highest BCUT2D eigenvalue weighted by Gasteiger charge is 2.15. The topological polar surface area (TPSA) is 81.2 Å². The van der Waals surface area contributed by atoms with Crippen LogP contribution in [0.5, 0.6) is 0 Å². The van der Waals surface area contributed by atoms with Crippen molar-refractivity contribution in [3.8, 4) is 0 Å². The van der Waals surface area contributed by atoms with Gasteiger partial charge in [-0.1, -0.05) is 12.1 Å². The number of hydrogen-bond donors (Lipinski definition) is 1. The number of aryl methyl sites for hydroxylation is 1. The van der Waals surface area contributed by atoms with Gasteiger partial charge in [-0.25, -0.2) is 4.98 Å². The van der Waals surface area contributed by atoms with Gasteiger partial charge >= 0.3 is 11.9 Å². The van der Waals surface area contributed by atoms with E-state index in [1.807, 2.05) is 12.1 Å². The molecule has 2 heterocycles. The van der Waals surface area contributed by atoms with E-state index < -0.39 is 5.91 Å². The van der Waals surface area contributed by atoms with Crippen molar-refractivity contribution in [3.63, 3.8) is 0 Å². The molecular formula is C12H9N3O3. The summed E-state index contributed by atoms with van der Waals surface area (Å²) in [4.78, 5) is 19.7. The molecular weight excluding hydrogens is 234 g/mol. The minimum atomic E-state index is -0.491. The van der Waals surface area contributed by atoms with Crippen LogP contribution >= 0.6 is 0 Å². The van der Waals surface area contributed by atoms with E-state index in [-0.39, 0.29) is 11.9 Å². The molecule has 1 aromatic carbocycles. The number of nitrogens with one attached hydrogen (secondary N) is 1. The molecule has 3 rings (SSSR count). The third kappa shape index (κ3) is 1.84. The Morgan fingerprint density at radius 2 is 2.11 bits per heavy atom. The lowest BCUT2D eigenvalue weighted by molar-refractivity contribution is 0.0986. The summed E-state index contributed by atoms with van der Waals surface area (Å²) in [7, 11) is 0. The smallest absolute Gasteiger partial charge is 0.315 e. The summed E-state index contributed by atoms with van der Waals surface area (Å²) >= 11 is 0. The molecule has 1 N–H and O–H groups in total. The second kappa shape index (κ2) is 3.99. The van der Waals surface area contributed by atoms with Crippen LogP contribution in [0.3, 0.4) is 0 Å². The minimum absolute atomic E-state index is 0.0187. The molecule has 6 nitrogen and oxygen atoms in total. The fourth-order valence-corrected chi connectivity index (χ4v) is 1.54. The van der Waals surface area contributed by atoms with E-state index in [1.54, 1.807) is 19.1 Å². The van der Waals surface area contributed by atoms with Crippen LogP contribution in [-0.2, 0) is 0 Å². The number of anilines is 1. The maximum absolute atomic E-state index is 11.7. The number of hydrogen-bond acceptors (Lipinski definition) is 5. The summed E-state index contributed by atoms with van der Waals surface area (Å²) in [6, 6.07) is 7.36. The Kier molecular flexibility index (Phi) is 2.33. The minimum Gasteiger partial charge on any atom is -0.438 e. The van der Waals surface area contributed by atoms with Crippen molar-refractivity contribution < 1.29 is 13.6 Å². The zero-order chi connectivity index (χ0) is 12.5. The molecule has 0 atom stereocenters. The number of nitrogens with zero attached hydrogens (tertiary/aromatic N) is 2. The van der Waals surface area contributed by atoms with E-state index in [0.717, 1.165) is 0 Å². The van der Waals surface area contributed by atoms with E-state index in [1.165, 1.54) is 6.20 Å². The predicted molar refractivity (Wildman–Crippen MR) is 63.2 cm³/mol. The predicted octanol–water partition coefficient (Wildman–Crippen LogP) is 2.38. The van der Waals surface area contributed by atoms with Gasteiger partial charge in [0.1, 0.15) is 11.3 Å². The first kappa shape index (κ1) is 10.5. The van der Waals surface area contributed by atoms with E-state index in [9.17, 15) is 4.79 Å². The lowest BCUT2D eigenvalue weighted by atomic mass is 10.3. The molecule has 6 heteroatoms. The lowest BCUT2D eigenvalue weighted by Crippen LogP contribution is -2.12. The molecule has 0 aliphatic rings. The van der Waals surface area contributed by atoms with Gasteiger partial charge in [0, 0.05) is 0 Å². The summed E-state index contributed by atoms with van der Waals surface area (Å²) in [5.74, 6) is 0.0575. The fourth-order valence-electron chi connectivity index (χ4n) is 1.54. The molecule has 0 bridgehead atoms.